The minimum Gasteiger partial charge on any atom is -0.478 e. The summed E-state index contributed by atoms with van der Waals surface area (Å²) in [7, 11) is 2.26. The molecule has 1 aliphatic heterocycles. The first-order valence-corrected chi connectivity index (χ1v) is 11.1. The monoisotopic (exact) mass is 420 g/mol. The van der Waals surface area contributed by atoms with Crippen molar-refractivity contribution in [2.24, 2.45) is 5.92 Å². The summed E-state index contributed by atoms with van der Waals surface area (Å²) in [4.78, 5) is 26.0. The summed E-state index contributed by atoms with van der Waals surface area (Å²) in [6.45, 7) is 1.12. The highest BCUT2D eigenvalue weighted by Crippen LogP contribution is 2.55. The number of rotatable bonds is 3. The van der Waals surface area contributed by atoms with Gasteiger partial charge in [-0.05, 0) is 92.7 Å². The number of nitrogens with one attached hydrogen (secondary N) is 1. The van der Waals surface area contributed by atoms with Crippen LogP contribution in [0.5, 0.6) is 5.75 Å². The average molecular weight is 421 g/mol. The summed E-state index contributed by atoms with van der Waals surface area (Å²) in [5.74, 6) is 0.249. The Balaban J connectivity index is 1.37. The lowest BCUT2D eigenvalue weighted by molar-refractivity contribution is 0.00275. The number of anilines is 1. The van der Waals surface area contributed by atoms with E-state index < -0.39 is 12.1 Å². The highest BCUT2D eigenvalue weighted by atomic mass is 16.6. The average Bonchev–Trinajstić information content (AvgIpc) is 2.77. The standard InChI is InChI=1S/C25H28N2O4/c1-27-13-12-25-11-3-2-4-20(25)22(27)14-17-7-10-19(15-21(17)25)31-24(30)26-18-8-5-16(6-9-18)23(28)29/h5-10,15,20,22H,2-4,11-14H2,1H3,(H,26,30)(H,28,29)/t20-,22-,25+/m0/s1. The number of carbonyl (C=O) groups excluding carboxylic acids is 1. The maximum absolute atomic E-state index is 12.5. The number of benzene rings is 2. The fourth-order valence-corrected chi connectivity index (χ4v) is 6.19. The largest absolute Gasteiger partial charge is 0.478 e. The van der Waals surface area contributed by atoms with Gasteiger partial charge in [-0.2, -0.15) is 0 Å². The molecule has 3 aliphatic rings. The number of carbonyl (C=O) groups is 2. The third-order valence-corrected chi connectivity index (χ3v) is 7.67. The lowest BCUT2D eigenvalue weighted by atomic mass is 9.52. The Hall–Kier alpha value is -2.86. The van der Waals surface area contributed by atoms with E-state index in [1.807, 2.05) is 6.07 Å². The second-order valence-electron chi connectivity index (χ2n) is 9.23. The van der Waals surface area contributed by atoms with Gasteiger partial charge in [0.25, 0.3) is 0 Å². The number of amides is 1. The minimum atomic E-state index is -1.00. The molecule has 2 aromatic rings. The van der Waals surface area contributed by atoms with Gasteiger partial charge in [0, 0.05) is 17.1 Å². The fraction of sp³-hybridized carbons (Fsp3) is 0.440. The van der Waals surface area contributed by atoms with Gasteiger partial charge in [-0.25, -0.2) is 9.59 Å². The van der Waals surface area contributed by atoms with E-state index in [2.05, 4.69) is 29.4 Å². The number of piperidine rings is 1. The first-order valence-electron chi connectivity index (χ1n) is 11.1. The predicted molar refractivity (Wildman–Crippen MR) is 118 cm³/mol. The van der Waals surface area contributed by atoms with E-state index in [-0.39, 0.29) is 11.0 Å². The van der Waals surface area contributed by atoms with Crippen molar-refractivity contribution in [3.63, 3.8) is 0 Å². The summed E-state index contributed by atoms with van der Waals surface area (Å²) >= 11 is 0. The van der Waals surface area contributed by atoms with Crippen molar-refractivity contribution in [1.29, 1.82) is 0 Å². The molecule has 2 N–H and O–H groups in total. The number of likely N-dealkylation sites (N-methyl/N-ethyl adjacent to an activating group) is 1. The molecule has 6 nitrogen and oxygen atoms in total. The van der Waals surface area contributed by atoms with Crippen molar-refractivity contribution >= 4 is 17.7 Å². The quantitative estimate of drug-likeness (QED) is 0.754. The maximum Gasteiger partial charge on any atom is 0.417 e. The van der Waals surface area contributed by atoms with Crippen LogP contribution in [0.15, 0.2) is 42.5 Å². The van der Waals surface area contributed by atoms with Gasteiger partial charge >= 0.3 is 12.1 Å². The number of carboxylic acid groups (broad SMARTS) is 1. The molecule has 2 fully saturated rings. The molecular weight excluding hydrogens is 392 g/mol. The Labute approximate surface area is 182 Å². The van der Waals surface area contributed by atoms with Crippen molar-refractivity contribution in [3.8, 4) is 5.75 Å². The number of aromatic carboxylic acids is 1. The van der Waals surface area contributed by atoms with Gasteiger partial charge in [0.15, 0.2) is 0 Å². The van der Waals surface area contributed by atoms with Crippen LogP contribution in [-0.4, -0.2) is 41.7 Å². The topological polar surface area (TPSA) is 78.9 Å². The molecule has 1 saturated heterocycles. The van der Waals surface area contributed by atoms with Crippen LogP contribution in [0.1, 0.15) is 53.6 Å². The van der Waals surface area contributed by atoms with E-state index in [4.69, 9.17) is 9.84 Å². The number of nitrogens with zero attached hydrogens (tertiary/aromatic N) is 1. The molecule has 1 heterocycles. The molecule has 1 amide bonds. The molecule has 2 bridgehead atoms. The van der Waals surface area contributed by atoms with E-state index >= 15 is 0 Å². The summed E-state index contributed by atoms with van der Waals surface area (Å²) in [5.41, 5.74) is 3.67. The number of carboxylic acids is 1. The van der Waals surface area contributed by atoms with Gasteiger partial charge in [0.2, 0.25) is 0 Å². The zero-order valence-corrected chi connectivity index (χ0v) is 17.8. The third-order valence-electron chi connectivity index (χ3n) is 7.67. The Kier molecular flexibility index (Phi) is 4.97. The van der Waals surface area contributed by atoms with E-state index in [9.17, 15) is 9.59 Å². The van der Waals surface area contributed by atoms with E-state index in [1.54, 1.807) is 12.1 Å². The molecule has 162 valence electrons. The molecule has 31 heavy (non-hydrogen) atoms. The van der Waals surface area contributed by atoms with Crippen molar-refractivity contribution in [1.82, 2.24) is 4.90 Å². The van der Waals surface area contributed by atoms with Crippen LogP contribution >= 0.6 is 0 Å². The molecule has 0 spiro atoms. The van der Waals surface area contributed by atoms with E-state index in [0.29, 0.717) is 23.4 Å². The normalized spacial score (nSPS) is 27.0. The van der Waals surface area contributed by atoms with Crippen LogP contribution < -0.4 is 10.1 Å². The van der Waals surface area contributed by atoms with E-state index in [0.717, 1.165) is 13.0 Å². The van der Waals surface area contributed by atoms with Gasteiger partial charge < -0.3 is 14.7 Å². The molecule has 5 rings (SSSR count). The number of likely N-dealkylation sites (tertiary alicyclic amines) is 1. The van der Waals surface area contributed by atoms with Crippen molar-refractivity contribution in [2.75, 3.05) is 18.9 Å². The van der Waals surface area contributed by atoms with Gasteiger partial charge in [-0.15, -0.1) is 0 Å². The van der Waals surface area contributed by atoms with Crippen LogP contribution in [0.25, 0.3) is 0 Å². The molecule has 6 heteroatoms. The highest BCUT2D eigenvalue weighted by molar-refractivity contribution is 5.90. The molecule has 0 unspecified atom stereocenters. The molecule has 0 radical (unpaired) electrons. The summed E-state index contributed by atoms with van der Waals surface area (Å²) in [6.07, 6.45) is 6.75. The summed E-state index contributed by atoms with van der Waals surface area (Å²) < 4.78 is 5.62. The Morgan fingerprint density at radius 3 is 2.71 bits per heavy atom. The van der Waals surface area contributed by atoms with Crippen molar-refractivity contribution in [2.45, 2.75) is 50.0 Å². The van der Waals surface area contributed by atoms with Gasteiger partial charge in [-0.3, -0.25) is 5.32 Å². The van der Waals surface area contributed by atoms with Crippen molar-refractivity contribution in [3.05, 3.63) is 59.2 Å². The Bertz CT molecular complexity index is 1020. The third kappa shape index (κ3) is 3.49. The van der Waals surface area contributed by atoms with Crippen LogP contribution in [0, 0.1) is 5.92 Å². The van der Waals surface area contributed by atoms with Gasteiger partial charge in [0.05, 0.1) is 5.56 Å². The second kappa shape index (κ2) is 7.68. The number of ether oxygens (including phenoxy) is 1. The van der Waals surface area contributed by atoms with E-state index in [1.165, 1.54) is 55.4 Å². The van der Waals surface area contributed by atoms with Crippen molar-refractivity contribution < 1.29 is 19.4 Å². The van der Waals surface area contributed by atoms with Crippen LogP contribution in [-0.2, 0) is 11.8 Å². The number of hydrogen-bond donors (Lipinski definition) is 2. The number of hydrogen-bond acceptors (Lipinski definition) is 4. The van der Waals surface area contributed by atoms with Crippen LogP contribution in [0.3, 0.4) is 0 Å². The Morgan fingerprint density at radius 1 is 1.13 bits per heavy atom. The minimum absolute atomic E-state index is 0.173. The molecular formula is C25H28N2O4. The maximum atomic E-state index is 12.5. The van der Waals surface area contributed by atoms with Gasteiger partial charge in [0.1, 0.15) is 5.75 Å². The number of fused-ring (bicyclic) bond motifs is 1. The molecule has 1 saturated carbocycles. The SMILES string of the molecule is CN1CC[C@]23CCCC[C@H]2[C@@H]1Cc1ccc(OC(=O)Nc2ccc(C(=O)O)cc2)cc13. The second-order valence-corrected chi connectivity index (χ2v) is 9.23. The molecule has 2 aromatic carbocycles. The van der Waals surface area contributed by atoms with Crippen LogP contribution in [0.4, 0.5) is 10.5 Å². The smallest absolute Gasteiger partial charge is 0.417 e. The summed E-state index contributed by atoms with van der Waals surface area (Å²) in [5, 5.41) is 11.7. The lowest BCUT2D eigenvalue weighted by Crippen LogP contribution is -2.59. The Morgan fingerprint density at radius 2 is 1.94 bits per heavy atom. The zero-order valence-electron chi connectivity index (χ0n) is 17.8. The lowest BCUT2D eigenvalue weighted by Gasteiger charge is -2.58. The first kappa shape index (κ1) is 20.1. The summed E-state index contributed by atoms with van der Waals surface area (Å²) in [6, 6.07) is 12.8. The van der Waals surface area contributed by atoms with Crippen LogP contribution in [0.2, 0.25) is 0 Å². The fourth-order valence-electron chi connectivity index (χ4n) is 6.19. The predicted octanol–water partition coefficient (Wildman–Crippen LogP) is 4.68. The first-order chi connectivity index (χ1) is 15.0. The molecule has 3 atom stereocenters. The van der Waals surface area contributed by atoms with Gasteiger partial charge in [-0.1, -0.05) is 18.9 Å². The zero-order chi connectivity index (χ0) is 21.6. The highest BCUT2D eigenvalue weighted by Gasteiger charge is 2.53. The molecule has 0 aromatic heterocycles. The molecule has 2 aliphatic carbocycles.